The number of carbonyl (C=O) groups is 2. The second-order valence-electron chi connectivity index (χ2n) is 7.15. The Morgan fingerprint density at radius 3 is 2.23 bits per heavy atom. The first-order valence-corrected chi connectivity index (χ1v) is 8.90. The van der Waals surface area contributed by atoms with Crippen LogP contribution in [0.1, 0.15) is 30.4 Å². The Morgan fingerprint density at radius 1 is 1.08 bits per heavy atom. The molecule has 2 aromatic carbocycles. The number of amides is 1. The number of hydrogen-bond acceptors (Lipinski definition) is 3. The maximum atomic E-state index is 12.5. The highest BCUT2D eigenvalue weighted by Gasteiger charge is 2.39. The summed E-state index contributed by atoms with van der Waals surface area (Å²) >= 11 is 0. The van der Waals surface area contributed by atoms with Crippen LogP contribution in [-0.4, -0.2) is 41.3 Å². The standard InChI is InChI=1S/C21H21NO4/c1-13-10-19(20(23)24)22(11-13)21(25)26-12-18-16-8-4-2-6-14(16)15-7-3-5-9-17(15)18/h2-9,13,18-19H,10-12H2,1H3,(H,23,24)/t13-,19-/m1/s1. The smallest absolute Gasteiger partial charge is 0.410 e. The van der Waals surface area contributed by atoms with E-state index in [4.69, 9.17) is 4.74 Å². The molecule has 0 bridgehead atoms. The number of carboxylic acids is 1. The monoisotopic (exact) mass is 351 g/mol. The summed E-state index contributed by atoms with van der Waals surface area (Å²) in [6.07, 6.45) is -0.0666. The Hall–Kier alpha value is -2.82. The minimum atomic E-state index is -0.970. The molecular weight excluding hydrogens is 330 g/mol. The highest BCUT2D eigenvalue weighted by molar-refractivity contribution is 5.81. The molecule has 0 saturated carbocycles. The van der Waals surface area contributed by atoms with Crippen molar-refractivity contribution >= 4 is 12.1 Å². The molecular formula is C21H21NO4. The topological polar surface area (TPSA) is 66.8 Å². The van der Waals surface area contributed by atoms with Gasteiger partial charge in [0, 0.05) is 12.5 Å². The first kappa shape index (κ1) is 16.6. The van der Waals surface area contributed by atoms with Crippen LogP contribution in [0.2, 0.25) is 0 Å². The molecule has 134 valence electrons. The second-order valence-corrected chi connectivity index (χ2v) is 7.15. The van der Waals surface area contributed by atoms with E-state index in [9.17, 15) is 14.7 Å². The van der Waals surface area contributed by atoms with Crippen molar-refractivity contribution < 1.29 is 19.4 Å². The van der Waals surface area contributed by atoms with E-state index in [2.05, 4.69) is 24.3 Å². The van der Waals surface area contributed by atoms with E-state index in [1.165, 1.54) is 16.0 Å². The van der Waals surface area contributed by atoms with Gasteiger partial charge in [-0.3, -0.25) is 4.90 Å². The molecule has 0 aromatic heterocycles. The van der Waals surface area contributed by atoms with E-state index in [0.717, 1.165) is 11.1 Å². The lowest BCUT2D eigenvalue weighted by Gasteiger charge is -2.22. The van der Waals surface area contributed by atoms with Gasteiger partial charge in [0.05, 0.1) is 0 Å². The predicted molar refractivity (Wildman–Crippen MR) is 97.0 cm³/mol. The molecule has 5 heteroatoms. The fourth-order valence-corrected chi connectivity index (χ4v) is 4.16. The number of fused-ring (bicyclic) bond motifs is 3. The molecule has 0 spiro atoms. The van der Waals surface area contributed by atoms with E-state index < -0.39 is 18.1 Å². The number of ether oxygens (including phenoxy) is 1. The van der Waals surface area contributed by atoms with E-state index in [0.29, 0.717) is 13.0 Å². The Kier molecular flexibility index (Phi) is 4.15. The molecule has 1 aliphatic carbocycles. The quantitative estimate of drug-likeness (QED) is 0.915. The zero-order valence-corrected chi connectivity index (χ0v) is 14.6. The zero-order chi connectivity index (χ0) is 18.3. The first-order valence-electron chi connectivity index (χ1n) is 8.90. The Morgan fingerprint density at radius 2 is 1.65 bits per heavy atom. The molecule has 26 heavy (non-hydrogen) atoms. The third-order valence-electron chi connectivity index (χ3n) is 5.37. The van der Waals surface area contributed by atoms with Crippen molar-refractivity contribution in [3.8, 4) is 11.1 Å². The van der Waals surface area contributed by atoms with Crippen LogP contribution in [0.3, 0.4) is 0 Å². The van der Waals surface area contributed by atoms with Crippen molar-refractivity contribution in [3.63, 3.8) is 0 Å². The van der Waals surface area contributed by atoms with Gasteiger partial charge in [-0.1, -0.05) is 55.5 Å². The molecule has 1 N–H and O–H groups in total. The van der Waals surface area contributed by atoms with E-state index >= 15 is 0 Å². The van der Waals surface area contributed by atoms with Gasteiger partial charge in [0.15, 0.2) is 0 Å². The molecule has 1 saturated heterocycles. The maximum absolute atomic E-state index is 12.5. The number of nitrogens with zero attached hydrogens (tertiary/aromatic N) is 1. The van der Waals surface area contributed by atoms with Crippen molar-refractivity contribution in [2.75, 3.05) is 13.2 Å². The van der Waals surface area contributed by atoms with Gasteiger partial charge in [0.2, 0.25) is 0 Å². The lowest BCUT2D eigenvalue weighted by molar-refractivity contribution is -0.141. The van der Waals surface area contributed by atoms with Crippen molar-refractivity contribution in [2.24, 2.45) is 5.92 Å². The van der Waals surface area contributed by atoms with E-state index in [1.807, 2.05) is 31.2 Å². The summed E-state index contributed by atoms with van der Waals surface area (Å²) in [5, 5.41) is 9.34. The fourth-order valence-electron chi connectivity index (χ4n) is 4.16. The van der Waals surface area contributed by atoms with Crippen molar-refractivity contribution in [3.05, 3.63) is 59.7 Å². The van der Waals surface area contributed by atoms with Crippen LogP contribution in [0.4, 0.5) is 4.79 Å². The second kappa shape index (κ2) is 6.48. The first-order chi connectivity index (χ1) is 12.6. The Bertz CT molecular complexity index is 817. The minimum Gasteiger partial charge on any atom is -0.480 e. The summed E-state index contributed by atoms with van der Waals surface area (Å²) in [5.41, 5.74) is 4.63. The fraction of sp³-hybridized carbons (Fsp3) is 0.333. The summed E-state index contributed by atoms with van der Waals surface area (Å²) in [4.78, 5) is 25.3. The molecule has 1 heterocycles. The van der Waals surface area contributed by atoms with Gasteiger partial charge in [-0.2, -0.15) is 0 Å². The number of rotatable bonds is 3. The summed E-state index contributed by atoms with van der Waals surface area (Å²) in [5.74, 6) is -0.825. The van der Waals surface area contributed by atoms with Gasteiger partial charge in [0.25, 0.3) is 0 Å². The van der Waals surface area contributed by atoms with Crippen molar-refractivity contribution in [1.82, 2.24) is 4.90 Å². The third-order valence-corrected chi connectivity index (χ3v) is 5.37. The molecule has 1 amide bonds. The molecule has 5 nitrogen and oxygen atoms in total. The summed E-state index contributed by atoms with van der Waals surface area (Å²) in [7, 11) is 0. The molecule has 0 unspecified atom stereocenters. The normalized spacial score (nSPS) is 21.3. The van der Waals surface area contributed by atoms with Gasteiger partial charge in [-0.15, -0.1) is 0 Å². The van der Waals surface area contributed by atoms with Crippen LogP contribution in [0, 0.1) is 5.92 Å². The average Bonchev–Trinajstić information content (AvgIpc) is 3.18. The summed E-state index contributed by atoms with van der Waals surface area (Å²) < 4.78 is 5.58. The molecule has 2 atom stereocenters. The van der Waals surface area contributed by atoms with Crippen LogP contribution in [-0.2, 0) is 9.53 Å². The van der Waals surface area contributed by atoms with Crippen LogP contribution in [0.25, 0.3) is 11.1 Å². The Balaban J connectivity index is 1.53. The van der Waals surface area contributed by atoms with Gasteiger partial charge < -0.3 is 9.84 Å². The number of benzene rings is 2. The molecule has 2 aliphatic rings. The van der Waals surface area contributed by atoms with Crippen molar-refractivity contribution in [2.45, 2.75) is 25.3 Å². The molecule has 1 aliphatic heterocycles. The lowest BCUT2D eigenvalue weighted by Crippen LogP contribution is -2.41. The van der Waals surface area contributed by atoms with E-state index in [-0.39, 0.29) is 18.4 Å². The maximum Gasteiger partial charge on any atom is 0.410 e. The van der Waals surface area contributed by atoms with Crippen LogP contribution >= 0.6 is 0 Å². The summed E-state index contributed by atoms with van der Waals surface area (Å²) in [6.45, 7) is 2.59. The number of hydrogen-bond donors (Lipinski definition) is 1. The SMILES string of the molecule is C[C@@H]1C[C@H](C(=O)O)N(C(=O)OCC2c3ccccc3-c3ccccc32)C1. The predicted octanol–water partition coefficient (Wildman–Crippen LogP) is 3.73. The van der Waals surface area contributed by atoms with E-state index in [1.54, 1.807) is 0 Å². The van der Waals surface area contributed by atoms with Crippen LogP contribution in [0.5, 0.6) is 0 Å². The molecule has 2 aromatic rings. The van der Waals surface area contributed by atoms with Gasteiger partial charge in [-0.05, 0) is 34.6 Å². The number of likely N-dealkylation sites (tertiary alicyclic amines) is 1. The van der Waals surface area contributed by atoms with Crippen LogP contribution in [0.15, 0.2) is 48.5 Å². The number of carbonyl (C=O) groups excluding carboxylic acids is 1. The van der Waals surface area contributed by atoms with Crippen LogP contribution < -0.4 is 0 Å². The summed E-state index contributed by atoms with van der Waals surface area (Å²) in [6, 6.07) is 15.5. The molecule has 1 fully saturated rings. The largest absolute Gasteiger partial charge is 0.480 e. The third kappa shape index (κ3) is 2.73. The highest BCUT2D eigenvalue weighted by atomic mass is 16.6. The molecule has 0 radical (unpaired) electrons. The number of aliphatic carboxylic acids is 1. The minimum absolute atomic E-state index is 0.0188. The zero-order valence-electron chi connectivity index (χ0n) is 14.6. The Labute approximate surface area is 152 Å². The van der Waals surface area contributed by atoms with Crippen molar-refractivity contribution in [1.29, 1.82) is 0 Å². The van der Waals surface area contributed by atoms with Gasteiger partial charge in [0.1, 0.15) is 12.6 Å². The van der Waals surface area contributed by atoms with Gasteiger partial charge in [-0.25, -0.2) is 9.59 Å². The number of carboxylic acid groups (broad SMARTS) is 1. The highest BCUT2D eigenvalue weighted by Crippen LogP contribution is 2.44. The lowest BCUT2D eigenvalue weighted by atomic mass is 9.98. The average molecular weight is 351 g/mol. The molecule has 4 rings (SSSR count). The van der Waals surface area contributed by atoms with Gasteiger partial charge >= 0.3 is 12.1 Å².